The molecule has 8 heteroatoms. The van der Waals surface area contributed by atoms with Crippen molar-refractivity contribution in [3.8, 4) is 11.1 Å². The highest BCUT2D eigenvalue weighted by Crippen LogP contribution is 2.44. The number of carbonyl (C=O) groups is 1. The summed E-state index contributed by atoms with van der Waals surface area (Å²) in [5.74, 6) is 0.0564. The largest absolute Gasteiger partial charge is 0.448 e. The maximum atomic E-state index is 13.0. The molecule has 4 aromatic carbocycles. The molecule has 1 amide bonds. The van der Waals surface area contributed by atoms with E-state index in [9.17, 15) is 9.90 Å². The minimum atomic E-state index is -0.544. The zero-order chi connectivity index (χ0) is 28.8. The van der Waals surface area contributed by atoms with Crippen molar-refractivity contribution in [1.29, 1.82) is 0 Å². The van der Waals surface area contributed by atoms with Gasteiger partial charge in [-0.3, -0.25) is 4.90 Å². The van der Waals surface area contributed by atoms with Gasteiger partial charge in [0.1, 0.15) is 6.61 Å². The summed E-state index contributed by atoms with van der Waals surface area (Å²) in [6.45, 7) is 3.95. The molecule has 5 aromatic rings. The first kappa shape index (κ1) is 27.7. The van der Waals surface area contributed by atoms with Crippen molar-refractivity contribution in [1.82, 2.24) is 14.4 Å². The topological polar surface area (TPSA) is 57.9 Å². The van der Waals surface area contributed by atoms with Crippen LogP contribution in [0.25, 0.3) is 32.9 Å². The second kappa shape index (κ2) is 11.5. The third kappa shape index (κ3) is 5.15. The van der Waals surface area contributed by atoms with Crippen molar-refractivity contribution < 1.29 is 14.6 Å². The number of ether oxygens (including phenoxy) is 1. The number of β-amino-alcohol motifs (C(OH)–C–C–N with tert-alkyl or cyclic N) is 1. The van der Waals surface area contributed by atoms with Gasteiger partial charge in [-0.2, -0.15) is 0 Å². The van der Waals surface area contributed by atoms with E-state index < -0.39 is 6.10 Å². The highest BCUT2D eigenvalue weighted by molar-refractivity contribution is 9.10. The lowest BCUT2D eigenvalue weighted by Crippen LogP contribution is -2.51. The molecule has 1 aliphatic carbocycles. The number of aliphatic hydroxyl groups is 1. The molecule has 1 saturated heterocycles. The van der Waals surface area contributed by atoms with Crippen molar-refractivity contribution in [2.24, 2.45) is 0 Å². The molecule has 42 heavy (non-hydrogen) atoms. The van der Waals surface area contributed by atoms with Crippen molar-refractivity contribution in [2.45, 2.75) is 18.6 Å². The minimum absolute atomic E-state index is 0.0564. The Kier molecular flexibility index (Phi) is 7.56. The number of rotatable bonds is 6. The van der Waals surface area contributed by atoms with E-state index in [-0.39, 0.29) is 12.0 Å². The third-order valence-electron chi connectivity index (χ3n) is 8.62. The van der Waals surface area contributed by atoms with Crippen LogP contribution in [0, 0.1) is 0 Å². The number of aromatic nitrogens is 1. The number of hydrogen-bond acceptors (Lipinski definition) is 4. The van der Waals surface area contributed by atoms with E-state index >= 15 is 0 Å². The van der Waals surface area contributed by atoms with Gasteiger partial charge in [-0.15, -0.1) is 0 Å². The minimum Gasteiger partial charge on any atom is -0.448 e. The lowest BCUT2D eigenvalue weighted by molar-refractivity contribution is 0.0516. The highest BCUT2D eigenvalue weighted by Gasteiger charge is 2.30. The van der Waals surface area contributed by atoms with Gasteiger partial charge in [-0.25, -0.2) is 4.79 Å². The van der Waals surface area contributed by atoms with Crippen molar-refractivity contribution in [3.63, 3.8) is 0 Å². The van der Waals surface area contributed by atoms with Gasteiger partial charge < -0.3 is 19.3 Å². The lowest BCUT2D eigenvalue weighted by atomic mass is 9.98. The third-order valence-corrected chi connectivity index (χ3v) is 9.60. The molecule has 1 unspecified atom stereocenters. The summed E-state index contributed by atoms with van der Waals surface area (Å²) in [5.41, 5.74) is 7.09. The Morgan fingerprint density at radius 3 is 1.90 bits per heavy atom. The molecule has 2 heterocycles. The van der Waals surface area contributed by atoms with Gasteiger partial charge in [-0.1, -0.05) is 80.4 Å². The van der Waals surface area contributed by atoms with Gasteiger partial charge in [-0.05, 0) is 58.7 Å². The van der Waals surface area contributed by atoms with Gasteiger partial charge >= 0.3 is 6.09 Å². The Bertz CT molecular complexity index is 1690. The van der Waals surface area contributed by atoms with E-state index in [1.165, 1.54) is 22.3 Å². The molecule has 0 saturated carbocycles. The van der Waals surface area contributed by atoms with Gasteiger partial charge in [0.15, 0.2) is 0 Å². The van der Waals surface area contributed by atoms with Crippen LogP contribution in [-0.4, -0.2) is 71.0 Å². The second-order valence-electron chi connectivity index (χ2n) is 11.2. The van der Waals surface area contributed by atoms with Gasteiger partial charge in [0, 0.05) is 69.4 Å². The summed E-state index contributed by atoms with van der Waals surface area (Å²) in [6, 6.07) is 29.3. The summed E-state index contributed by atoms with van der Waals surface area (Å²) in [7, 11) is 0. The molecule has 214 valence electrons. The molecule has 0 spiro atoms. The number of hydrogen-bond donors (Lipinski definition) is 1. The van der Waals surface area contributed by atoms with Gasteiger partial charge in [0.05, 0.1) is 12.6 Å². The molecule has 0 radical (unpaired) electrons. The standard InChI is InChI=1S/C34H31Br2N3O3/c35-22-9-11-32-29(17-22)30-18-23(36)10-12-33(30)39(32)20-24(40)19-37-13-15-38(16-14-37)34(41)42-21-31-27-7-3-1-5-25(27)26-6-2-4-8-28(26)31/h1-12,17-18,24,31,40H,13-16,19-21H2. The van der Waals surface area contributed by atoms with E-state index in [0.29, 0.717) is 45.9 Å². The maximum absolute atomic E-state index is 13.0. The molecular formula is C34H31Br2N3O3. The van der Waals surface area contributed by atoms with Crippen LogP contribution in [0.5, 0.6) is 0 Å². The van der Waals surface area contributed by atoms with Crippen LogP contribution in [0.1, 0.15) is 17.0 Å². The van der Waals surface area contributed by atoms with Crippen LogP contribution in [0.2, 0.25) is 0 Å². The fourth-order valence-corrected chi connectivity index (χ4v) is 7.33. The maximum Gasteiger partial charge on any atom is 0.409 e. The number of fused-ring (bicyclic) bond motifs is 6. The smallest absolute Gasteiger partial charge is 0.409 e. The fraction of sp³-hybridized carbons (Fsp3) is 0.265. The number of nitrogens with zero attached hydrogens (tertiary/aromatic N) is 3. The average molecular weight is 689 g/mol. The SMILES string of the molecule is O=C(OCC1c2ccccc2-c2ccccc21)N1CCN(CC(O)Cn2c3ccc(Br)cc3c3cc(Br)ccc32)CC1. The zero-order valence-electron chi connectivity index (χ0n) is 23.0. The van der Waals surface area contributed by atoms with Crippen LogP contribution in [0.15, 0.2) is 93.9 Å². The van der Waals surface area contributed by atoms with Gasteiger partial charge in [0.2, 0.25) is 0 Å². The molecule has 0 bridgehead atoms. The first-order valence-corrected chi connectivity index (χ1v) is 15.9. The molecule has 1 N–H and O–H groups in total. The van der Waals surface area contributed by atoms with Crippen molar-refractivity contribution in [2.75, 3.05) is 39.3 Å². The Hall–Kier alpha value is -3.17. The number of halogens is 2. The molecular weight excluding hydrogens is 658 g/mol. The predicted molar refractivity (Wildman–Crippen MR) is 174 cm³/mol. The monoisotopic (exact) mass is 687 g/mol. The summed E-state index contributed by atoms with van der Waals surface area (Å²) in [4.78, 5) is 17.1. The van der Waals surface area contributed by atoms with E-state index in [1.807, 2.05) is 24.3 Å². The molecule has 7 rings (SSSR count). The molecule has 1 aliphatic heterocycles. The normalized spacial score (nSPS) is 16.1. The van der Waals surface area contributed by atoms with Gasteiger partial charge in [0.25, 0.3) is 0 Å². The average Bonchev–Trinajstić information content (AvgIpc) is 3.48. The van der Waals surface area contributed by atoms with Crippen LogP contribution in [-0.2, 0) is 11.3 Å². The molecule has 6 nitrogen and oxygen atoms in total. The lowest BCUT2D eigenvalue weighted by Gasteiger charge is -2.35. The summed E-state index contributed by atoms with van der Waals surface area (Å²) < 4.78 is 10.1. The molecule has 1 fully saturated rings. The Morgan fingerprint density at radius 1 is 0.786 bits per heavy atom. The number of piperazine rings is 1. The fourth-order valence-electron chi connectivity index (χ4n) is 6.61. The first-order valence-electron chi connectivity index (χ1n) is 14.3. The van der Waals surface area contributed by atoms with Crippen molar-refractivity contribution >= 4 is 59.8 Å². The summed E-state index contributed by atoms with van der Waals surface area (Å²) >= 11 is 7.21. The predicted octanol–water partition coefficient (Wildman–Crippen LogP) is 7.25. The number of benzene rings is 4. The Balaban J connectivity index is 0.961. The van der Waals surface area contributed by atoms with Crippen LogP contribution in [0.4, 0.5) is 4.79 Å². The van der Waals surface area contributed by atoms with Crippen LogP contribution in [0.3, 0.4) is 0 Å². The summed E-state index contributed by atoms with van der Waals surface area (Å²) in [6.07, 6.45) is -0.809. The quantitative estimate of drug-likeness (QED) is 0.204. The number of aliphatic hydroxyl groups excluding tert-OH is 1. The Labute approximate surface area is 261 Å². The van der Waals surface area contributed by atoms with E-state index in [4.69, 9.17) is 4.74 Å². The second-order valence-corrected chi connectivity index (χ2v) is 13.0. The van der Waals surface area contributed by atoms with Crippen LogP contribution < -0.4 is 0 Å². The van der Waals surface area contributed by atoms with E-state index in [2.05, 4.69) is 102 Å². The van der Waals surface area contributed by atoms with Crippen molar-refractivity contribution in [3.05, 3.63) is 105 Å². The highest BCUT2D eigenvalue weighted by atomic mass is 79.9. The first-order chi connectivity index (χ1) is 20.5. The summed E-state index contributed by atoms with van der Waals surface area (Å²) in [5, 5.41) is 13.5. The Morgan fingerprint density at radius 2 is 1.33 bits per heavy atom. The van der Waals surface area contributed by atoms with E-state index in [1.54, 1.807) is 4.90 Å². The van der Waals surface area contributed by atoms with E-state index in [0.717, 1.165) is 30.8 Å². The number of carbonyl (C=O) groups excluding carboxylic acids is 1. The molecule has 1 atom stereocenters. The molecule has 1 aromatic heterocycles. The number of amides is 1. The molecule has 2 aliphatic rings. The van der Waals surface area contributed by atoms with Crippen LogP contribution >= 0.6 is 31.9 Å². The zero-order valence-corrected chi connectivity index (χ0v) is 26.2.